The van der Waals surface area contributed by atoms with Crippen LogP contribution < -0.4 is 54.0 Å². The second-order valence-corrected chi connectivity index (χ2v) is 20.7. The van der Waals surface area contributed by atoms with Crippen LogP contribution in [0.15, 0.2) is 79.0 Å². The molecule has 406 valence electrons. The highest BCUT2D eigenvalue weighted by Crippen LogP contribution is 2.22. The molecule has 0 bridgehead atoms. The number of aromatic nitrogens is 1. The molecule has 10 atom stereocenters. The number of rotatable bonds is 26. The molecule has 0 unspecified atom stereocenters. The summed E-state index contributed by atoms with van der Waals surface area (Å²) in [5, 5.41) is 52.9. The molecule has 75 heavy (non-hydrogen) atoms. The number of nitrogens with one attached hydrogen (secondary N) is 9. The third-order valence-electron chi connectivity index (χ3n) is 12.7. The van der Waals surface area contributed by atoms with Gasteiger partial charge in [0.1, 0.15) is 48.0 Å². The Kier molecular flexibility index (Phi) is 21.5. The van der Waals surface area contributed by atoms with Crippen molar-refractivity contribution < 1.29 is 53.7 Å². The Morgan fingerprint density at radius 2 is 1.25 bits per heavy atom. The van der Waals surface area contributed by atoms with E-state index in [1.807, 2.05) is 42.5 Å². The molecule has 0 fully saturated rings. The predicted octanol–water partition coefficient (Wildman–Crippen LogP) is -1.61. The van der Waals surface area contributed by atoms with Crippen LogP contribution in [0.2, 0.25) is 0 Å². The Morgan fingerprint density at radius 3 is 1.85 bits per heavy atom. The van der Waals surface area contributed by atoms with Crippen LogP contribution in [-0.2, 0) is 64.2 Å². The molecule has 0 saturated heterocycles. The van der Waals surface area contributed by atoms with Crippen molar-refractivity contribution in [2.75, 3.05) is 12.3 Å². The van der Waals surface area contributed by atoms with Gasteiger partial charge in [0.15, 0.2) is 0 Å². The number of hydrogen-bond donors (Lipinski definition) is 16. The Morgan fingerprint density at radius 1 is 0.693 bits per heavy atom. The van der Waals surface area contributed by atoms with Gasteiger partial charge in [-0.05, 0) is 94.0 Å². The van der Waals surface area contributed by atoms with E-state index in [1.165, 1.54) is 39.8 Å². The Labute approximate surface area is 445 Å². The molecule has 1 aliphatic heterocycles. The van der Waals surface area contributed by atoms with E-state index in [-0.39, 0.29) is 43.7 Å². The van der Waals surface area contributed by atoms with Crippen molar-refractivity contribution in [3.63, 3.8) is 0 Å². The van der Waals surface area contributed by atoms with Crippen LogP contribution in [0, 0.1) is 0 Å². The zero-order valence-corrected chi connectivity index (χ0v) is 43.9. The van der Waals surface area contributed by atoms with Crippen LogP contribution in [0.1, 0.15) is 62.8 Å². The summed E-state index contributed by atoms with van der Waals surface area (Å²) in [6.45, 7) is 5.88. The number of para-hydroxylation sites is 1. The minimum atomic E-state index is -1.74. The van der Waals surface area contributed by atoms with Crippen molar-refractivity contribution in [3.8, 4) is 5.75 Å². The topological polar surface area (TPSA) is 361 Å². The standard InChI is InChI=1S/C51H69N11O11S2/c1-26(63)40(43(53)66)60-50(73)42(51(3,4)75)62-49(72)41(27(2)64)61-44(67)35(14-9-19-52)56-47(70)38(22-31-24-54-34-13-8-7-12-33(31)34)58-46(69)37(20-28-15-17-32(65)18-16-28)57-48(71)39(25-74)59-45(68)36-21-29-10-5-6-11-30(29)23-55-36/h5-8,10-13,15-18,24,26-27,35-42,54-55,63-65,74-75H,9,14,19-23,25,52H2,1-4H3,(H2,53,66)(H,56,70)(H,57,71)(H,58,69)(H,59,68)(H,60,73)(H,61,67)(H,62,72)/t26-,27-,35+,36-,37+,38-,39+,40+,41+,42-/m1/s1. The first-order chi connectivity index (χ1) is 35.5. The largest absolute Gasteiger partial charge is 0.508 e. The molecule has 16 N–H and O–H groups in total. The van der Waals surface area contributed by atoms with Gasteiger partial charge in [-0.3, -0.25) is 38.4 Å². The highest BCUT2D eigenvalue weighted by molar-refractivity contribution is 7.81. The maximum absolute atomic E-state index is 14.7. The fraction of sp³-hybridized carbons (Fsp3) is 0.451. The Hall–Kier alpha value is -6.70. The summed E-state index contributed by atoms with van der Waals surface area (Å²) in [4.78, 5) is 114. The van der Waals surface area contributed by atoms with E-state index in [1.54, 1.807) is 24.4 Å². The van der Waals surface area contributed by atoms with E-state index in [9.17, 15) is 53.7 Å². The lowest BCUT2D eigenvalue weighted by Crippen LogP contribution is -2.64. The summed E-state index contributed by atoms with van der Waals surface area (Å²) in [5.74, 6) is -7.11. The van der Waals surface area contributed by atoms with Crippen LogP contribution in [0.4, 0.5) is 0 Å². The highest BCUT2D eigenvalue weighted by Gasteiger charge is 2.40. The third kappa shape index (κ3) is 16.6. The second-order valence-electron chi connectivity index (χ2n) is 19.2. The number of aliphatic hydroxyl groups is 2. The fourth-order valence-electron chi connectivity index (χ4n) is 8.44. The van der Waals surface area contributed by atoms with E-state index >= 15 is 0 Å². The molecule has 3 aromatic carbocycles. The minimum absolute atomic E-state index is 0.0495. The number of phenols is 1. The molecular formula is C51H69N11O11S2. The van der Waals surface area contributed by atoms with Gasteiger partial charge in [-0.25, -0.2) is 0 Å². The number of thiol groups is 2. The first-order valence-electron chi connectivity index (χ1n) is 24.5. The number of aromatic hydroxyl groups is 1. The molecular weight excluding hydrogens is 1010 g/mol. The van der Waals surface area contributed by atoms with Crippen molar-refractivity contribution in [1.82, 2.24) is 47.5 Å². The zero-order valence-electron chi connectivity index (χ0n) is 42.1. The lowest BCUT2D eigenvalue weighted by atomic mass is 9.95. The molecule has 5 rings (SSSR count). The monoisotopic (exact) mass is 1080 g/mol. The summed E-state index contributed by atoms with van der Waals surface area (Å²) >= 11 is 8.80. The molecule has 24 heteroatoms. The predicted molar refractivity (Wildman–Crippen MR) is 286 cm³/mol. The number of nitrogens with two attached hydrogens (primary N) is 2. The van der Waals surface area contributed by atoms with E-state index < -0.39 is 113 Å². The summed E-state index contributed by atoms with van der Waals surface area (Å²) in [5.41, 5.74) is 15.1. The highest BCUT2D eigenvalue weighted by atomic mass is 32.1. The second kappa shape index (κ2) is 27.2. The SMILES string of the molecule is C[C@@H](O)[C@H](NC(=O)[C@@H](NC(=O)[C@@H](NC(=O)[C@H](CCCN)NC(=O)[C@@H](Cc1c[nH]c2ccccc12)NC(=O)[C@H](Cc1ccc(O)cc1)NC(=O)[C@H](CS)NC(=O)[C@H]1Cc2ccccc2CN1)[C@@H](C)O)C(C)(C)S)C(N)=O. The Bertz CT molecular complexity index is 2660. The van der Waals surface area contributed by atoms with Crippen LogP contribution in [0.3, 0.4) is 0 Å². The molecule has 1 aliphatic rings. The summed E-state index contributed by atoms with van der Waals surface area (Å²) in [6, 6.07) is 9.91. The van der Waals surface area contributed by atoms with Gasteiger partial charge in [-0.1, -0.05) is 54.6 Å². The first-order valence-corrected chi connectivity index (χ1v) is 25.5. The summed E-state index contributed by atoms with van der Waals surface area (Å²) in [6.07, 6.45) is -1.15. The first kappa shape index (κ1) is 59.2. The van der Waals surface area contributed by atoms with E-state index in [4.69, 9.17) is 11.5 Å². The van der Waals surface area contributed by atoms with Gasteiger partial charge in [-0.2, -0.15) is 25.3 Å². The minimum Gasteiger partial charge on any atom is -0.508 e. The molecule has 0 radical (unpaired) electrons. The van der Waals surface area contributed by atoms with Crippen molar-refractivity contribution >= 4 is 83.4 Å². The fourth-order valence-corrected chi connectivity index (χ4v) is 8.88. The number of aliphatic hydroxyl groups excluding tert-OH is 2. The number of phenolic OH excluding ortho intramolecular Hbond substituents is 1. The van der Waals surface area contributed by atoms with Crippen LogP contribution >= 0.6 is 25.3 Å². The third-order valence-corrected chi connectivity index (χ3v) is 13.3. The summed E-state index contributed by atoms with van der Waals surface area (Å²) < 4.78 is -1.33. The molecule has 22 nitrogen and oxygen atoms in total. The quantitative estimate of drug-likeness (QED) is 0.0315. The van der Waals surface area contributed by atoms with Crippen LogP contribution in [0.5, 0.6) is 5.75 Å². The number of H-pyrrole nitrogens is 1. The van der Waals surface area contributed by atoms with Crippen molar-refractivity contribution in [2.45, 2.75) is 132 Å². The lowest BCUT2D eigenvalue weighted by molar-refractivity contribution is -0.137. The lowest BCUT2D eigenvalue weighted by Gasteiger charge is -2.33. The van der Waals surface area contributed by atoms with E-state index in [2.05, 4.69) is 72.8 Å². The number of fused-ring (bicyclic) bond motifs is 2. The van der Waals surface area contributed by atoms with Crippen LogP contribution in [-0.4, -0.2) is 145 Å². The van der Waals surface area contributed by atoms with Gasteiger partial charge in [0.05, 0.1) is 18.2 Å². The smallest absolute Gasteiger partial charge is 0.245 e. The van der Waals surface area contributed by atoms with Gasteiger partial charge in [0.25, 0.3) is 0 Å². The number of hydrogen-bond acceptors (Lipinski definition) is 15. The molecule has 0 aliphatic carbocycles. The van der Waals surface area contributed by atoms with Gasteiger partial charge in [0.2, 0.25) is 47.3 Å². The zero-order chi connectivity index (χ0) is 55.1. The number of amides is 8. The normalized spacial score (nSPS) is 16.9. The van der Waals surface area contributed by atoms with E-state index in [0.717, 1.165) is 22.0 Å². The van der Waals surface area contributed by atoms with E-state index in [0.29, 0.717) is 24.1 Å². The number of carbonyl (C=O) groups excluding carboxylic acids is 8. The van der Waals surface area contributed by atoms with Gasteiger partial charge < -0.3 is 74.3 Å². The van der Waals surface area contributed by atoms with Crippen molar-refractivity contribution in [1.29, 1.82) is 0 Å². The number of benzene rings is 3. The van der Waals surface area contributed by atoms with Crippen molar-refractivity contribution in [3.05, 3.63) is 101 Å². The number of aromatic amines is 1. The Balaban J connectivity index is 1.40. The average Bonchev–Trinajstić information content (AvgIpc) is 3.78. The molecule has 4 aromatic rings. The number of carbonyl (C=O) groups is 8. The van der Waals surface area contributed by atoms with Gasteiger partial charge >= 0.3 is 0 Å². The van der Waals surface area contributed by atoms with Gasteiger partial charge in [-0.15, -0.1) is 0 Å². The molecule has 2 heterocycles. The number of primary amides is 1. The molecule has 0 spiro atoms. The maximum Gasteiger partial charge on any atom is 0.245 e. The van der Waals surface area contributed by atoms with Gasteiger partial charge in [0, 0.05) is 47.0 Å². The molecule has 1 aromatic heterocycles. The average molecular weight is 1080 g/mol. The molecule has 8 amide bonds. The maximum atomic E-state index is 14.7. The summed E-state index contributed by atoms with van der Waals surface area (Å²) in [7, 11) is 0. The van der Waals surface area contributed by atoms with Crippen molar-refractivity contribution in [2.24, 2.45) is 11.5 Å². The molecule has 0 saturated carbocycles. The van der Waals surface area contributed by atoms with Crippen LogP contribution in [0.25, 0.3) is 10.9 Å².